The fraction of sp³-hybridized carbons (Fsp3) is 0.357. The second-order valence-electron chi connectivity index (χ2n) is 5.40. The van der Waals surface area contributed by atoms with Gasteiger partial charge in [-0.05, 0) is 31.4 Å². The Labute approximate surface area is 126 Å². The molecule has 0 radical (unpaired) electrons. The summed E-state index contributed by atoms with van der Waals surface area (Å²) in [5.41, 5.74) is -0.228. The minimum atomic E-state index is -0.903. The number of hydrogen-bond donors (Lipinski definition) is 2. The molecule has 0 unspecified atom stereocenters. The first-order valence-corrected chi connectivity index (χ1v) is 6.93. The van der Waals surface area contributed by atoms with Gasteiger partial charge in [0.25, 0.3) is 5.91 Å². The monoisotopic (exact) mass is 301 g/mol. The summed E-state index contributed by atoms with van der Waals surface area (Å²) in [5, 5.41) is 15.8. The average molecular weight is 301 g/mol. The third-order valence-corrected chi connectivity index (χ3v) is 3.84. The Kier molecular flexibility index (Phi) is 3.58. The molecule has 2 aromatic rings. The standard InChI is InChI=1S/C14H15N5O3/c20-12(21)6-14(4-1-5-14)18-13(22)10-2-3-11(16-7-10)19-9-15-8-17-19/h2-3,7-9H,1,4-6H2,(H,18,22)(H,20,21). The van der Waals surface area contributed by atoms with Crippen LogP contribution >= 0.6 is 0 Å². The maximum absolute atomic E-state index is 12.3. The summed E-state index contributed by atoms with van der Waals surface area (Å²) < 4.78 is 1.49. The molecule has 1 aliphatic rings. The quantitative estimate of drug-likeness (QED) is 0.844. The van der Waals surface area contributed by atoms with Gasteiger partial charge in [-0.2, -0.15) is 5.10 Å². The highest BCUT2D eigenvalue weighted by Gasteiger charge is 2.40. The molecule has 3 rings (SSSR count). The van der Waals surface area contributed by atoms with Crippen LogP contribution in [-0.4, -0.2) is 42.3 Å². The number of carbonyl (C=O) groups excluding carboxylic acids is 1. The molecule has 0 aromatic carbocycles. The second kappa shape index (κ2) is 5.55. The van der Waals surface area contributed by atoms with Gasteiger partial charge in [-0.25, -0.2) is 14.6 Å². The van der Waals surface area contributed by atoms with Crippen LogP contribution < -0.4 is 5.32 Å². The van der Waals surface area contributed by atoms with E-state index in [9.17, 15) is 9.59 Å². The van der Waals surface area contributed by atoms with Crippen molar-refractivity contribution < 1.29 is 14.7 Å². The lowest BCUT2D eigenvalue weighted by molar-refractivity contribution is -0.139. The molecule has 0 bridgehead atoms. The van der Waals surface area contributed by atoms with Crippen LogP contribution in [-0.2, 0) is 4.79 Å². The number of rotatable bonds is 5. The molecule has 0 saturated heterocycles. The summed E-state index contributed by atoms with van der Waals surface area (Å²) in [6.07, 6.45) is 6.61. The van der Waals surface area contributed by atoms with E-state index in [0.717, 1.165) is 6.42 Å². The van der Waals surface area contributed by atoms with Crippen molar-refractivity contribution >= 4 is 11.9 Å². The van der Waals surface area contributed by atoms with Crippen molar-refractivity contribution in [1.82, 2.24) is 25.1 Å². The first-order chi connectivity index (χ1) is 10.6. The SMILES string of the molecule is O=C(O)CC1(NC(=O)c2ccc(-n3cncn3)nc2)CCC1. The van der Waals surface area contributed by atoms with E-state index in [2.05, 4.69) is 20.4 Å². The third kappa shape index (κ3) is 2.80. The Morgan fingerprint density at radius 3 is 2.68 bits per heavy atom. The maximum Gasteiger partial charge on any atom is 0.305 e. The largest absolute Gasteiger partial charge is 0.481 e. The van der Waals surface area contributed by atoms with Gasteiger partial charge in [0.2, 0.25) is 0 Å². The van der Waals surface area contributed by atoms with Crippen molar-refractivity contribution in [1.29, 1.82) is 0 Å². The second-order valence-corrected chi connectivity index (χ2v) is 5.40. The molecule has 1 fully saturated rings. The van der Waals surface area contributed by atoms with E-state index >= 15 is 0 Å². The van der Waals surface area contributed by atoms with Gasteiger partial charge >= 0.3 is 5.97 Å². The van der Waals surface area contributed by atoms with Crippen LogP contribution in [0.4, 0.5) is 0 Å². The molecule has 8 nitrogen and oxygen atoms in total. The molecule has 0 aliphatic heterocycles. The summed E-state index contributed by atoms with van der Waals surface area (Å²) in [7, 11) is 0. The van der Waals surface area contributed by atoms with Gasteiger partial charge in [0.1, 0.15) is 12.7 Å². The predicted molar refractivity (Wildman–Crippen MR) is 75.5 cm³/mol. The van der Waals surface area contributed by atoms with Crippen LogP contribution in [0.25, 0.3) is 5.82 Å². The number of carboxylic acid groups (broad SMARTS) is 1. The maximum atomic E-state index is 12.3. The summed E-state index contributed by atoms with van der Waals surface area (Å²) in [4.78, 5) is 31.2. The first kappa shape index (κ1) is 14.2. The number of amides is 1. The highest BCUT2D eigenvalue weighted by atomic mass is 16.4. The van der Waals surface area contributed by atoms with Crippen LogP contribution in [0, 0.1) is 0 Å². The van der Waals surface area contributed by atoms with Crippen molar-refractivity contribution in [2.24, 2.45) is 0 Å². The topological polar surface area (TPSA) is 110 Å². The zero-order valence-electron chi connectivity index (χ0n) is 11.8. The van der Waals surface area contributed by atoms with E-state index < -0.39 is 11.5 Å². The normalized spacial score (nSPS) is 15.8. The lowest BCUT2D eigenvalue weighted by Crippen LogP contribution is -2.54. The van der Waals surface area contributed by atoms with Crippen LogP contribution in [0.1, 0.15) is 36.0 Å². The number of aliphatic carboxylic acids is 1. The van der Waals surface area contributed by atoms with E-state index in [-0.39, 0.29) is 12.3 Å². The van der Waals surface area contributed by atoms with Crippen molar-refractivity contribution in [3.8, 4) is 5.82 Å². The molecular formula is C14H15N5O3. The molecule has 114 valence electrons. The first-order valence-electron chi connectivity index (χ1n) is 6.93. The van der Waals surface area contributed by atoms with Crippen LogP contribution in [0.3, 0.4) is 0 Å². The van der Waals surface area contributed by atoms with E-state index in [1.807, 2.05) is 0 Å². The molecule has 0 atom stereocenters. The number of carboxylic acids is 1. The number of nitrogens with zero attached hydrogens (tertiary/aromatic N) is 4. The van der Waals surface area contributed by atoms with Crippen LogP contribution in [0.15, 0.2) is 31.0 Å². The van der Waals surface area contributed by atoms with Gasteiger partial charge in [0, 0.05) is 6.20 Å². The highest BCUT2D eigenvalue weighted by molar-refractivity contribution is 5.94. The smallest absolute Gasteiger partial charge is 0.305 e. The van der Waals surface area contributed by atoms with Crippen molar-refractivity contribution in [3.63, 3.8) is 0 Å². The number of carbonyl (C=O) groups is 2. The number of aromatic nitrogens is 4. The molecule has 2 heterocycles. The van der Waals surface area contributed by atoms with E-state index in [1.54, 1.807) is 12.1 Å². The fourth-order valence-electron chi connectivity index (χ4n) is 2.53. The third-order valence-electron chi connectivity index (χ3n) is 3.84. The van der Waals surface area contributed by atoms with E-state index in [4.69, 9.17) is 5.11 Å². The van der Waals surface area contributed by atoms with Crippen molar-refractivity contribution in [2.75, 3.05) is 0 Å². The van der Waals surface area contributed by atoms with Gasteiger partial charge in [0.15, 0.2) is 5.82 Å². The Balaban J connectivity index is 1.71. The van der Waals surface area contributed by atoms with E-state index in [0.29, 0.717) is 24.2 Å². The molecule has 0 spiro atoms. The lowest BCUT2D eigenvalue weighted by Gasteiger charge is -2.41. The molecule has 8 heteroatoms. The Morgan fingerprint density at radius 1 is 1.36 bits per heavy atom. The fourth-order valence-corrected chi connectivity index (χ4v) is 2.53. The van der Waals surface area contributed by atoms with Gasteiger partial charge in [-0.3, -0.25) is 9.59 Å². The van der Waals surface area contributed by atoms with Crippen LogP contribution in [0.5, 0.6) is 0 Å². The average Bonchev–Trinajstić information content (AvgIpc) is 2.98. The van der Waals surface area contributed by atoms with Crippen molar-refractivity contribution in [3.05, 3.63) is 36.5 Å². The zero-order chi connectivity index (χ0) is 15.6. The minimum absolute atomic E-state index is 0.0524. The highest BCUT2D eigenvalue weighted by Crippen LogP contribution is 2.35. The Morgan fingerprint density at radius 2 is 2.18 bits per heavy atom. The molecular weight excluding hydrogens is 286 g/mol. The predicted octanol–water partition coefficient (Wildman–Crippen LogP) is 0.789. The summed E-state index contributed by atoms with van der Waals surface area (Å²) in [5.74, 6) is -0.656. The van der Waals surface area contributed by atoms with Gasteiger partial charge in [-0.1, -0.05) is 0 Å². The molecule has 2 aromatic heterocycles. The minimum Gasteiger partial charge on any atom is -0.481 e. The molecule has 1 saturated carbocycles. The molecule has 1 aliphatic carbocycles. The summed E-state index contributed by atoms with van der Waals surface area (Å²) in [6.45, 7) is 0. The molecule has 22 heavy (non-hydrogen) atoms. The summed E-state index contributed by atoms with van der Waals surface area (Å²) >= 11 is 0. The van der Waals surface area contributed by atoms with Crippen LogP contribution in [0.2, 0.25) is 0 Å². The molecule has 2 N–H and O–H groups in total. The number of hydrogen-bond acceptors (Lipinski definition) is 5. The zero-order valence-corrected chi connectivity index (χ0v) is 11.8. The molecule has 1 amide bonds. The number of pyridine rings is 1. The van der Waals surface area contributed by atoms with E-state index in [1.165, 1.54) is 23.5 Å². The Bertz CT molecular complexity index is 677. The van der Waals surface area contributed by atoms with Gasteiger partial charge in [-0.15, -0.1) is 0 Å². The van der Waals surface area contributed by atoms with Gasteiger partial charge in [0.05, 0.1) is 17.5 Å². The lowest BCUT2D eigenvalue weighted by atomic mass is 9.74. The Hall–Kier alpha value is -2.77. The summed E-state index contributed by atoms with van der Waals surface area (Å²) in [6, 6.07) is 3.29. The van der Waals surface area contributed by atoms with Gasteiger partial charge < -0.3 is 10.4 Å². The number of nitrogens with one attached hydrogen (secondary N) is 1. The van der Waals surface area contributed by atoms with Crippen molar-refractivity contribution in [2.45, 2.75) is 31.2 Å².